The van der Waals surface area contributed by atoms with Crippen molar-refractivity contribution in [2.24, 2.45) is 47.2 Å². The molecule has 3 saturated heterocycles. The Morgan fingerprint density at radius 3 is 2.50 bits per heavy atom. The number of carbonyl (C=O) groups excluding carboxylic acids is 2. The fourth-order valence-electron chi connectivity index (χ4n) is 10.6. The Labute approximate surface area is 285 Å². The largest absolute Gasteiger partial charge is 0.456 e. The van der Waals surface area contributed by atoms with E-state index < -0.39 is 54.1 Å². The van der Waals surface area contributed by atoms with Gasteiger partial charge in [0.15, 0.2) is 0 Å². The van der Waals surface area contributed by atoms with E-state index in [1.807, 2.05) is 19.9 Å². The molecule has 272 valence electrons. The number of aliphatic hydroxyl groups is 4. The standard InChI is InChI=1S/C37H60N2O9/c1-3-26(21-7-4-5-8-21)36(45)47-29-16-27-33(44)32-28(43)15-25(19-41)46-35(32)31(22-9-6-10-24(42)14-22)34(27)48-37(29,2)23(18-40)13-20-11-12-30(38)39-17-20/h3,20-25,27,29-35,39-42,44H,4-19,38H2,1-2H3/p+1. The number of ketones is 1. The summed E-state index contributed by atoms with van der Waals surface area (Å²) in [5, 5.41) is 46.1. The summed E-state index contributed by atoms with van der Waals surface area (Å²) in [6.45, 7) is 4.23. The number of esters is 1. The lowest BCUT2D eigenvalue weighted by Crippen LogP contribution is -2.95. The van der Waals surface area contributed by atoms with E-state index in [9.17, 15) is 30.0 Å². The van der Waals surface area contributed by atoms with Crippen molar-refractivity contribution < 1.29 is 49.5 Å². The summed E-state index contributed by atoms with van der Waals surface area (Å²) in [6.07, 6.45) is 7.54. The van der Waals surface area contributed by atoms with Crippen LogP contribution in [0.15, 0.2) is 11.6 Å². The topological polar surface area (TPSA) is 185 Å². The molecule has 48 heavy (non-hydrogen) atoms. The number of allylic oxidation sites excluding steroid dienone is 1. The predicted octanol–water partition coefficient (Wildman–Crippen LogP) is 1.33. The first-order valence-electron chi connectivity index (χ1n) is 19.0. The Hall–Kier alpha value is -1.44. The van der Waals surface area contributed by atoms with E-state index in [-0.39, 0.29) is 61.2 Å². The Morgan fingerprint density at radius 1 is 1.08 bits per heavy atom. The Kier molecular flexibility index (Phi) is 11.7. The number of fused-ring (bicyclic) bond motifs is 2. The molecule has 3 aliphatic heterocycles. The average Bonchev–Trinajstić information content (AvgIpc) is 3.60. The first-order chi connectivity index (χ1) is 23.1. The number of aliphatic hydroxyl groups excluding tert-OH is 4. The third-order valence-corrected chi connectivity index (χ3v) is 13.4. The highest BCUT2D eigenvalue weighted by Gasteiger charge is 2.64. The van der Waals surface area contributed by atoms with E-state index >= 15 is 0 Å². The zero-order valence-corrected chi connectivity index (χ0v) is 29.0. The summed E-state index contributed by atoms with van der Waals surface area (Å²) < 4.78 is 20.2. The van der Waals surface area contributed by atoms with Gasteiger partial charge in [0.25, 0.3) is 0 Å². The maximum Gasteiger partial charge on any atom is 0.334 e. The van der Waals surface area contributed by atoms with Crippen LogP contribution in [0.3, 0.4) is 0 Å². The first kappa shape index (κ1) is 36.4. The van der Waals surface area contributed by atoms with Crippen LogP contribution in [0.1, 0.15) is 97.3 Å². The second-order valence-electron chi connectivity index (χ2n) is 16.2. The summed E-state index contributed by atoms with van der Waals surface area (Å²) in [5.41, 5.74) is 5.77. The van der Waals surface area contributed by atoms with Crippen LogP contribution in [0.2, 0.25) is 0 Å². The SMILES string of the molecule is CC=C(C(=O)OC1CC2C(O)C3C(=O)CC(CO)OC3C(C3CCCC(O)C3)C2OC1(C)C(CO)CC1CCC(N)[NH2+]C1)C1CCCC1. The molecule has 3 saturated carbocycles. The van der Waals surface area contributed by atoms with Crippen molar-refractivity contribution >= 4 is 11.8 Å². The third-order valence-electron chi connectivity index (χ3n) is 13.4. The maximum atomic E-state index is 14.0. The molecule has 0 amide bonds. The van der Waals surface area contributed by atoms with Crippen LogP contribution in [-0.2, 0) is 23.8 Å². The Balaban J connectivity index is 1.36. The molecular formula is C37H61N2O9+. The summed E-state index contributed by atoms with van der Waals surface area (Å²) in [4.78, 5) is 27.6. The van der Waals surface area contributed by atoms with E-state index in [2.05, 4.69) is 5.32 Å². The molecule has 8 N–H and O–H groups in total. The van der Waals surface area contributed by atoms with Gasteiger partial charge in [0.05, 0.1) is 49.6 Å². The van der Waals surface area contributed by atoms with E-state index in [1.54, 1.807) is 0 Å². The molecule has 11 nitrogen and oxygen atoms in total. The fourth-order valence-corrected chi connectivity index (χ4v) is 10.6. The number of carbonyl (C=O) groups is 2. The lowest BCUT2D eigenvalue weighted by Gasteiger charge is -2.60. The molecule has 6 rings (SSSR count). The second-order valence-corrected chi connectivity index (χ2v) is 16.2. The van der Waals surface area contributed by atoms with E-state index in [4.69, 9.17) is 19.9 Å². The number of quaternary nitrogens is 1. The lowest BCUT2D eigenvalue weighted by molar-refractivity contribution is -0.703. The zero-order valence-electron chi connectivity index (χ0n) is 29.0. The molecule has 0 spiro atoms. The number of hydrogen-bond donors (Lipinski definition) is 6. The molecule has 3 heterocycles. The van der Waals surface area contributed by atoms with Gasteiger partial charge in [0, 0.05) is 48.7 Å². The van der Waals surface area contributed by atoms with Crippen molar-refractivity contribution in [2.75, 3.05) is 19.8 Å². The van der Waals surface area contributed by atoms with Crippen molar-refractivity contribution in [3.05, 3.63) is 11.6 Å². The maximum absolute atomic E-state index is 14.0. The highest BCUT2D eigenvalue weighted by molar-refractivity contribution is 5.89. The minimum absolute atomic E-state index is 0.0196. The quantitative estimate of drug-likeness (QED) is 0.154. The van der Waals surface area contributed by atoms with Gasteiger partial charge in [0.2, 0.25) is 0 Å². The first-order valence-corrected chi connectivity index (χ1v) is 19.0. The normalized spacial score (nSPS) is 44.9. The summed E-state index contributed by atoms with van der Waals surface area (Å²) in [5.74, 6) is -2.05. The van der Waals surface area contributed by atoms with Gasteiger partial charge in [-0.3, -0.25) is 10.5 Å². The molecule has 0 aromatic rings. The predicted molar refractivity (Wildman–Crippen MR) is 176 cm³/mol. The van der Waals surface area contributed by atoms with Crippen LogP contribution in [0, 0.1) is 41.4 Å². The molecule has 0 radical (unpaired) electrons. The highest BCUT2D eigenvalue weighted by atomic mass is 16.6. The number of nitrogens with two attached hydrogens (primary N) is 2. The van der Waals surface area contributed by atoms with Gasteiger partial charge < -0.3 is 40.0 Å². The van der Waals surface area contributed by atoms with Gasteiger partial charge in [0.1, 0.15) is 23.7 Å². The minimum atomic E-state index is -1.09. The van der Waals surface area contributed by atoms with E-state index in [0.717, 1.165) is 57.9 Å². The van der Waals surface area contributed by atoms with E-state index in [0.29, 0.717) is 37.2 Å². The van der Waals surface area contributed by atoms with Gasteiger partial charge in [-0.2, -0.15) is 0 Å². The summed E-state index contributed by atoms with van der Waals surface area (Å²) >= 11 is 0. The fraction of sp³-hybridized carbons (Fsp3) is 0.892. The smallest absolute Gasteiger partial charge is 0.334 e. The van der Waals surface area contributed by atoms with Crippen LogP contribution in [0.5, 0.6) is 0 Å². The average molecular weight is 678 g/mol. The molecule has 0 bridgehead atoms. The highest BCUT2D eigenvalue weighted by Crippen LogP contribution is 2.54. The van der Waals surface area contributed by atoms with Crippen molar-refractivity contribution in [3.8, 4) is 0 Å². The van der Waals surface area contributed by atoms with Crippen LogP contribution in [0.4, 0.5) is 0 Å². The molecule has 3 aliphatic carbocycles. The number of Topliss-reactive ketones (excluding diaryl/α,β-unsaturated/α-hetero) is 1. The van der Waals surface area contributed by atoms with Crippen LogP contribution >= 0.6 is 0 Å². The summed E-state index contributed by atoms with van der Waals surface area (Å²) in [7, 11) is 0. The molecule has 0 aromatic heterocycles. The Bertz CT molecular complexity index is 1150. The van der Waals surface area contributed by atoms with Crippen molar-refractivity contribution in [2.45, 2.75) is 146 Å². The van der Waals surface area contributed by atoms with Gasteiger partial charge in [-0.15, -0.1) is 0 Å². The zero-order chi connectivity index (χ0) is 34.2. The second kappa shape index (κ2) is 15.4. The van der Waals surface area contributed by atoms with Crippen LogP contribution < -0.4 is 11.1 Å². The van der Waals surface area contributed by atoms with Crippen molar-refractivity contribution in [3.63, 3.8) is 0 Å². The van der Waals surface area contributed by atoms with Crippen LogP contribution in [-0.4, -0.2) is 100 Å². The number of rotatable bonds is 9. The van der Waals surface area contributed by atoms with Gasteiger partial charge in [-0.1, -0.05) is 25.3 Å². The Morgan fingerprint density at radius 2 is 1.85 bits per heavy atom. The van der Waals surface area contributed by atoms with Gasteiger partial charge in [-0.25, -0.2) is 4.79 Å². The molecule has 6 aliphatic rings. The van der Waals surface area contributed by atoms with E-state index in [1.165, 1.54) is 0 Å². The lowest BCUT2D eigenvalue weighted by atomic mass is 9.57. The van der Waals surface area contributed by atoms with Crippen LogP contribution in [0.25, 0.3) is 0 Å². The minimum Gasteiger partial charge on any atom is -0.456 e. The monoisotopic (exact) mass is 677 g/mol. The molecule has 11 heteroatoms. The van der Waals surface area contributed by atoms with Crippen molar-refractivity contribution in [1.29, 1.82) is 0 Å². The van der Waals surface area contributed by atoms with Gasteiger partial charge in [-0.05, 0) is 77.0 Å². The molecule has 14 unspecified atom stereocenters. The number of ether oxygens (including phenoxy) is 3. The molecule has 0 aromatic carbocycles. The van der Waals surface area contributed by atoms with Crippen molar-refractivity contribution in [1.82, 2.24) is 0 Å². The third kappa shape index (κ3) is 7.17. The summed E-state index contributed by atoms with van der Waals surface area (Å²) in [6, 6.07) is 0. The number of piperidine rings is 1. The van der Waals surface area contributed by atoms with Gasteiger partial charge >= 0.3 is 5.97 Å². The molecule has 14 atom stereocenters. The molecule has 6 fully saturated rings. The number of hydrogen-bond acceptors (Lipinski definition) is 10. The molecular weight excluding hydrogens is 616 g/mol.